The molecule has 1 saturated carbocycles. The number of aromatic nitrogens is 3. The lowest BCUT2D eigenvalue weighted by molar-refractivity contribution is -0.140. The highest BCUT2D eigenvalue weighted by atomic mass is 16.4. The molecule has 2 rings (SSSR count). The molecule has 0 amide bonds. The van der Waals surface area contributed by atoms with E-state index >= 15 is 0 Å². The van der Waals surface area contributed by atoms with Crippen molar-refractivity contribution in [3.8, 4) is 0 Å². The molecule has 1 aromatic rings. The molecule has 6 nitrogen and oxygen atoms in total. The van der Waals surface area contributed by atoms with Gasteiger partial charge in [0.25, 0.3) is 0 Å². The number of nitrogens with one attached hydrogen (secondary N) is 1. The van der Waals surface area contributed by atoms with Crippen LogP contribution in [0.1, 0.15) is 18.5 Å². The molecule has 0 spiro atoms. The van der Waals surface area contributed by atoms with E-state index in [0.717, 1.165) is 5.69 Å². The van der Waals surface area contributed by atoms with E-state index in [4.69, 9.17) is 5.11 Å². The third-order valence-corrected chi connectivity index (χ3v) is 2.42. The van der Waals surface area contributed by atoms with Gasteiger partial charge in [-0.2, -0.15) is 0 Å². The molecule has 1 aliphatic carbocycles. The van der Waals surface area contributed by atoms with Crippen molar-refractivity contribution in [1.82, 2.24) is 20.3 Å². The lowest BCUT2D eigenvalue weighted by Gasteiger charge is -2.09. The summed E-state index contributed by atoms with van der Waals surface area (Å²) in [6, 6.07) is 0. The van der Waals surface area contributed by atoms with E-state index in [-0.39, 0.29) is 0 Å². The SMILES string of the molecule is Cn1cc(CNC2(C(=O)O)CC2)nn1. The lowest BCUT2D eigenvalue weighted by atomic mass is 10.2. The number of carboxylic acids is 1. The minimum atomic E-state index is -0.776. The Morgan fingerprint density at radius 3 is 2.93 bits per heavy atom. The highest BCUT2D eigenvalue weighted by Crippen LogP contribution is 2.35. The second-order valence-electron chi connectivity index (χ2n) is 3.62. The summed E-state index contributed by atoms with van der Waals surface area (Å²) >= 11 is 0. The van der Waals surface area contributed by atoms with E-state index in [9.17, 15) is 4.79 Å². The molecule has 1 aromatic heterocycles. The molecular weight excluding hydrogens is 184 g/mol. The third kappa shape index (κ3) is 1.60. The van der Waals surface area contributed by atoms with E-state index < -0.39 is 11.5 Å². The fraction of sp³-hybridized carbons (Fsp3) is 0.625. The van der Waals surface area contributed by atoms with Gasteiger partial charge in [0.1, 0.15) is 5.54 Å². The van der Waals surface area contributed by atoms with Crippen LogP contribution in [0.5, 0.6) is 0 Å². The molecule has 0 aliphatic heterocycles. The number of aryl methyl sites for hydroxylation is 1. The van der Waals surface area contributed by atoms with Crippen LogP contribution >= 0.6 is 0 Å². The first-order valence-corrected chi connectivity index (χ1v) is 4.46. The van der Waals surface area contributed by atoms with Gasteiger partial charge >= 0.3 is 5.97 Å². The van der Waals surface area contributed by atoms with E-state index in [2.05, 4.69) is 15.6 Å². The van der Waals surface area contributed by atoms with Gasteiger partial charge in [-0.25, -0.2) is 0 Å². The third-order valence-electron chi connectivity index (χ3n) is 2.42. The summed E-state index contributed by atoms with van der Waals surface area (Å²) in [6.07, 6.45) is 3.16. The Labute approximate surface area is 80.9 Å². The van der Waals surface area contributed by atoms with Crippen LogP contribution in [0, 0.1) is 0 Å². The molecule has 1 heterocycles. The van der Waals surface area contributed by atoms with Crippen molar-refractivity contribution >= 4 is 5.97 Å². The molecule has 0 unspecified atom stereocenters. The molecule has 0 atom stereocenters. The summed E-state index contributed by atoms with van der Waals surface area (Å²) in [6.45, 7) is 0.458. The topological polar surface area (TPSA) is 80.0 Å². The lowest BCUT2D eigenvalue weighted by Crippen LogP contribution is -2.38. The van der Waals surface area contributed by atoms with Crippen LogP contribution in [0.15, 0.2) is 6.20 Å². The molecule has 14 heavy (non-hydrogen) atoms. The molecule has 0 radical (unpaired) electrons. The molecule has 76 valence electrons. The van der Waals surface area contributed by atoms with Gasteiger partial charge in [-0.1, -0.05) is 5.21 Å². The van der Waals surface area contributed by atoms with Gasteiger partial charge in [0.2, 0.25) is 0 Å². The van der Waals surface area contributed by atoms with E-state index in [1.54, 1.807) is 17.9 Å². The maximum absolute atomic E-state index is 10.8. The predicted molar refractivity (Wildman–Crippen MR) is 47.4 cm³/mol. The molecular formula is C8H12N4O2. The summed E-state index contributed by atoms with van der Waals surface area (Å²) in [5, 5.41) is 19.5. The van der Waals surface area contributed by atoms with E-state index in [1.807, 2.05) is 0 Å². The Kier molecular flexibility index (Phi) is 1.99. The van der Waals surface area contributed by atoms with Gasteiger partial charge in [0, 0.05) is 19.8 Å². The van der Waals surface area contributed by atoms with Crippen molar-refractivity contribution in [2.75, 3.05) is 0 Å². The van der Waals surface area contributed by atoms with Gasteiger partial charge < -0.3 is 5.11 Å². The quantitative estimate of drug-likeness (QED) is 0.680. The highest BCUT2D eigenvalue weighted by molar-refractivity contribution is 5.82. The van der Waals surface area contributed by atoms with Gasteiger partial charge in [0.05, 0.1) is 5.69 Å². The summed E-state index contributed by atoms with van der Waals surface area (Å²) in [5.41, 5.74) is 0.0670. The number of nitrogens with zero attached hydrogens (tertiary/aromatic N) is 3. The highest BCUT2D eigenvalue weighted by Gasteiger charge is 2.49. The molecule has 2 N–H and O–H groups in total. The van der Waals surface area contributed by atoms with Crippen molar-refractivity contribution < 1.29 is 9.90 Å². The first-order valence-electron chi connectivity index (χ1n) is 4.46. The second-order valence-corrected chi connectivity index (χ2v) is 3.62. The van der Waals surface area contributed by atoms with Crippen LogP contribution in [0.4, 0.5) is 0 Å². The van der Waals surface area contributed by atoms with Gasteiger partial charge in [-0.3, -0.25) is 14.8 Å². The summed E-state index contributed by atoms with van der Waals surface area (Å²) < 4.78 is 1.59. The number of carbonyl (C=O) groups is 1. The van der Waals surface area contributed by atoms with Crippen LogP contribution < -0.4 is 5.32 Å². The van der Waals surface area contributed by atoms with E-state index in [1.165, 1.54) is 0 Å². The van der Waals surface area contributed by atoms with Gasteiger partial charge in [-0.05, 0) is 12.8 Å². The minimum absolute atomic E-state index is 0.458. The zero-order valence-electron chi connectivity index (χ0n) is 7.90. The normalized spacial score (nSPS) is 18.1. The van der Waals surface area contributed by atoms with Gasteiger partial charge in [-0.15, -0.1) is 5.10 Å². The number of hydrogen-bond donors (Lipinski definition) is 2. The van der Waals surface area contributed by atoms with Crippen molar-refractivity contribution in [2.45, 2.75) is 24.9 Å². The van der Waals surface area contributed by atoms with Crippen molar-refractivity contribution in [1.29, 1.82) is 0 Å². The van der Waals surface area contributed by atoms with Crippen LogP contribution in [-0.4, -0.2) is 31.6 Å². The van der Waals surface area contributed by atoms with Crippen LogP contribution in [0.25, 0.3) is 0 Å². The van der Waals surface area contributed by atoms with Crippen molar-refractivity contribution in [2.24, 2.45) is 7.05 Å². The fourth-order valence-electron chi connectivity index (χ4n) is 1.33. The Bertz CT molecular complexity index is 356. The van der Waals surface area contributed by atoms with Crippen molar-refractivity contribution in [3.05, 3.63) is 11.9 Å². The minimum Gasteiger partial charge on any atom is -0.480 e. The van der Waals surface area contributed by atoms with Crippen molar-refractivity contribution in [3.63, 3.8) is 0 Å². The Morgan fingerprint density at radius 2 is 2.50 bits per heavy atom. The smallest absolute Gasteiger partial charge is 0.323 e. The standard InChI is InChI=1S/C8H12N4O2/c1-12-5-6(10-11-12)4-9-8(2-3-8)7(13)14/h5,9H,2-4H2,1H3,(H,13,14). The van der Waals surface area contributed by atoms with Crippen LogP contribution in [0.3, 0.4) is 0 Å². The average molecular weight is 196 g/mol. The average Bonchev–Trinajstić information content (AvgIpc) is 2.82. The molecule has 0 bridgehead atoms. The first kappa shape index (κ1) is 9.14. The molecule has 1 aliphatic rings. The maximum atomic E-state index is 10.8. The molecule has 1 fully saturated rings. The predicted octanol–water partition coefficient (Wildman–Crippen LogP) is -0.478. The fourth-order valence-corrected chi connectivity index (χ4v) is 1.33. The molecule has 6 heteroatoms. The Hall–Kier alpha value is -1.43. The second kappa shape index (κ2) is 3.06. The largest absolute Gasteiger partial charge is 0.480 e. The van der Waals surface area contributed by atoms with Crippen LogP contribution in [-0.2, 0) is 18.4 Å². The maximum Gasteiger partial charge on any atom is 0.323 e. The zero-order chi connectivity index (χ0) is 10.2. The molecule has 0 aromatic carbocycles. The first-order chi connectivity index (χ1) is 6.62. The Morgan fingerprint density at radius 1 is 1.79 bits per heavy atom. The summed E-state index contributed by atoms with van der Waals surface area (Å²) in [4.78, 5) is 10.8. The number of aliphatic carboxylic acids is 1. The van der Waals surface area contributed by atoms with Crippen LogP contribution in [0.2, 0.25) is 0 Å². The number of carboxylic acid groups (broad SMARTS) is 1. The number of hydrogen-bond acceptors (Lipinski definition) is 4. The zero-order valence-corrected chi connectivity index (χ0v) is 7.90. The summed E-state index contributed by atoms with van der Waals surface area (Å²) in [7, 11) is 1.78. The molecule has 0 saturated heterocycles. The summed E-state index contributed by atoms with van der Waals surface area (Å²) in [5.74, 6) is -0.776. The van der Waals surface area contributed by atoms with Gasteiger partial charge in [0.15, 0.2) is 0 Å². The monoisotopic (exact) mass is 196 g/mol. The van der Waals surface area contributed by atoms with E-state index in [0.29, 0.717) is 19.4 Å². The number of rotatable bonds is 4. The Balaban J connectivity index is 1.92.